The van der Waals surface area contributed by atoms with Crippen LogP contribution < -0.4 is 0 Å². The Balaban J connectivity index is 1.83. The Hall–Kier alpha value is -1.84. The number of aliphatic hydroxyl groups excluding tert-OH is 1. The minimum absolute atomic E-state index is 0.273. The SMILES string of the molecule is Oc1cccc2c1CN(Cc1ccccc1)C[C@@H]2O. The van der Waals surface area contributed by atoms with Crippen LogP contribution in [0.1, 0.15) is 22.8 Å². The van der Waals surface area contributed by atoms with E-state index >= 15 is 0 Å². The fourth-order valence-electron chi connectivity index (χ4n) is 2.67. The molecule has 2 aromatic carbocycles. The van der Waals surface area contributed by atoms with Crippen LogP contribution in [0.3, 0.4) is 0 Å². The molecule has 0 saturated heterocycles. The summed E-state index contributed by atoms with van der Waals surface area (Å²) in [5.41, 5.74) is 2.91. The maximum absolute atomic E-state index is 10.2. The van der Waals surface area contributed by atoms with Gasteiger partial charge in [0, 0.05) is 25.2 Å². The summed E-state index contributed by atoms with van der Waals surface area (Å²) >= 11 is 0. The quantitative estimate of drug-likeness (QED) is 0.866. The van der Waals surface area contributed by atoms with Gasteiger partial charge >= 0.3 is 0 Å². The molecule has 0 saturated carbocycles. The molecule has 0 radical (unpaired) electrons. The highest BCUT2D eigenvalue weighted by atomic mass is 16.3. The lowest BCUT2D eigenvalue weighted by atomic mass is 9.96. The Morgan fingerprint density at radius 1 is 1.05 bits per heavy atom. The van der Waals surface area contributed by atoms with Gasteiger partial charge in [-0.05, 0) is 17.2 Å². The maximum atomic E-state index is 10.2. The Bertz CT molecular complexity index is 568. The predicted octanol–water partition coefficient (Wildman–Crippen LogP) is 2.44. The molecule has 3 heteroatoms. The van der Waals surface area contributed by atoms with Crippen molar-refractivity contribution in [3.05, 3.63) is 65.2 Å². The van der Waals surface area contributed by atoms with Crippen LogP contribution in [0, 0.1) is 0 Å². The Labute approximate surface area is 112 Å². The number of aromatic hydroxyl groups is 1. The topological polar surface area (TPSA) is 43.7 Å². The average molecular weight is 255 g/mol. The summed E-state index contributed by atoms with van der Waals surface area (Å²) < 4.78 is 0. The third-order valence-electron chi connectivity index (χ3n) is 3.61. The van der Waals surface area contributed by atoms with Crippen LogP contribution in [0.15, 0.2) is 48.5 Å². The summed E-state index contributed by atoms with van der Waals surface area (Å²) in [6, 6.07) is 15.5. The summed E-state index contributed by atoms with van der Waals surface area (Å²) in [7, 11) is 0. The fraction of sp³-hybridized carbons (Fsp3) is 0.250. The zero-order chi connectivity index (χ0) is 13.2. The molecule has 2 aromatic rings. The summed E-state index contributed by atoms with van der Waals surface area (Å²) in [4.78, 5) is 2.15. The van der Waals surface area contributed by atoms with Gasteiger partial charge in [0.1, 0.15) is 5.75 Å². The Morgan fingerprint density at radius 3 is 2.63 bits per heavy atom. The molecular formula is C16H17NO2. The molecule has 2 N–H and O–H groups in total. The van der Waals surface area contributed by atoms with Gasteiger partial charge in [-0.25, -0.2) is 0 Å². The second-order valence-corrected chi connectivity index (χ2v) is 5.02. The number of rotatable bonds is 2. The van der Waals surface area contributed by atoms with Gasteiger partial charge in [0.15, 0.2) is 0 Å². The first-order valence-electron chi connectivity index (χ1n) is 6.49. The number of phenols is 1. The van der Waals surface area contributed by atoms with Gasteiger partial charge in [-0.15, -0.1) is 0 Å². The second kappa shape index (κ2) is 5.03. The highest BCUT2D eigenvalue weighted by Gasteiger charge is 2.25. The summed E-state index contributed by atoms with van der Waals surface area (Å²) in [6.07, 6.45) is -0.528. The van der Waals surface area contributed by atoms with Crippen molar-refractivity contribution in [3.8, 4) is 5.75 Å². The van der Waals surface area contributed by atoms with Crippen LogP contribution in [0.2, 0.25) is 0 Å². The number of aliphatic hydroxyl groups is 1. The van der Waals surface area contributed by atoms with E-state index < -0.39 is 6.10 Å². The van der Waals surface area contributed by atoms with Crippen molar-refractivity contribution in [2.75, 3.05) is 6.54 Å². The van der Waals surface area contributed by atoms with Crippen molar-refractivity contribution in [2.45, 2.75) is 19.2 Å². The highest BCUT2D eigenvalue weighted by molar-refractivity contribution is 5.42. The third kappa shape index (κ3) is 2.48. The first kappa shape index (κ1) is 12.2. The Morgan fingerprint density at radius 2 is 1.84 bits per heavy atom. The molecule has 0 spiro atoms. The van der Waals surface area contributed by atoms with E-state index in [1.165, 1.54) is 5.56 Å². The maximum Gasteiger partial charge on any atom is 0.120 e. The van der Waals surface area contributed by atoms with E-state index in [0.717, 1.165) is 17.7 Å². The molecule has 0 aromatic heterocycles. The molecule has 0 unspecified atom stereocenters. The molecule has 0 bridgehead atoms. The number of phenolic OH excluding ortho intramolecular Hbond substituents is 1. The lowest BCUT2D eigenvalue weighted by Gasteiger charge is -2.32. The second-order valence-electron chi connectivity index (χ2n) is 5.02. The first-order valence-corrected chi connectivity index (χ1v) is 6.49. The smallest absolute Gasteiger partial charge is 0.120 e. The summed E-state index contributed by atoms with van der Waals surface area (Å²) in [5.74, 6) is 0.273. The Kier molecular flexibility index (Phi) is 3.23. The van der Waals surface area contributed by atoms with Gasteiger partial charge in [-0.3, -0.25) is 4.90 Å². The van der Waals surface area contributed by atoms with Gasteiger partial charge in [0.25, 0.3) is 0 Å². The fourth-order valence-corrected chi connectivity index (χ4v) is 2.67. The van der Waals surface area contributed by atoms with Crippen LogP contribution in [-0.2, 0) is 13.1 Å². The summed E-state index contributed by atoms with van der Waals surface area (Å²) in [6.45, 7) is 2.06. The van der Waals surface area contributed by atoms with Crippen LogP contribution in [0.4, 0.5) is 0 Å². The highest BCUT2D eigenvalue weighted by Crippen LogP contribution is 2.32. The monoisotopic (exact) mass is 255 g/mol. The molecule has 3 rings (SSSR count). The van der Waals surface area contributed by atoms with Crippen LogP contribution in [0.5, 0.6) is 5.75 Å². The molecule has 1 heterocycles. The number of hydrogen-bond acceptors (Lipinski definition) is 3. The molecule has 0 fully saturated rings. The molecule has 1 aliphatic heterocycles. The molecular weight excluding hydrogens is 238 g/mol. The molecule has 0 aliphatic carbocycles. The number of β-amino-alcohol motifs (C(OH)–C–C–N with tert-alkyl or cyclic N) is 1. The molecule has 98 valence electrons. The molecule has 1 atom stereocenters. The zero-order valence-electron chi connectivity index (χ0n) is 10.7. The van der Waals surface area contributed by atoms with Crippen LogP contribution in [-0.4, -0.2) is 21.7 Å². The van der Waals surface area contributed by atoms with Gasteiger partial charge in [0.05, 0.1) is 6.10 Å². The lowest BCUT2D eigenvalue weighted by molar-refractivity contribution is 0.0869. The summed E-state index contributed by atoms with van der Waals surface area (Å²) in [5, 5.41) is 20.1. The van der Waals surface area contributed by atoms with E-state index in [9.17, 15) is 10.2 Å². The minimum atomic E-state index is -0.528. The average Bonchev–Trinajstić information content (AvgIpc) is 2.41. The number of benzene rings is 2. The van der Waals surface area contributed by atoms with Crippen LogP contribution in [0.25, 0.3) is 0 Å². The first-order chi connectivity index (χ1) is 9.24. The largest absolute Gasteiger partial charge is 0.508 e. The number of nitrogens with zero attached hydrogens (tertiary/aromatic N) is 1. The minimum Gasteiger partial charge on any atom is -0.508 e. The van der Waals surface area contributed by atoms with E-state index in [0.29, 0.717) is 13.1 Å². The van der Waals surface area contributed by atoms with Crippen molar-refractivity contribution in [2.24, 2.45) is 0 Å². The normalized spacial score (nSPS) is 19.1. The standard InChI is InChI=1S/C16H17NO2/c18-15-8-4-7-13-14(15)10-17(11-16(13)19)9-12-5-2-1-3-6-12/h1-8,16,18-19H,9-11H2/t16-/m0/s1. The van der Waals surface area contributed by atoms with Gasteiger partial charge in [0.2, 0.25) is 0 Å². The van der Waals surface area contributed by atoms with Crippen molar-refractivity contribution in [1.82, 2.24) is 4.90 Å². The van der Waals surface area contributed by atoms with Crippen molar-refractivity contribution in [1.29, 1.82) is 0 Å². The van der Waals surface area contributed by atoms with Crippen molar-refractivity contribution >= 4 is 0 Å². The lowest BCUT2D eigenvalue weighted by Crippen LogP contribution is -2.33. The number of fused-ring (bicyclic) bond motifs is 1. The van der Waals surface area contributed by atoms with E-state index in [1.54, 1.807) is 12.1 Å². The van der Waals surface area contributed by atoms with E-state index in [2.05, 4.69) is 17.0 Å². The van der Waals surface area contributed by atoms with Crippen LogP contribution >= 0.6 is 0 Å². The van der Waals surface area contributed by atoms with Gasteiger partial charge in [-0.1, -0.05) is 42.5 Å². The molecule has 19 heavy (non-hydrogen) atoms. The predicted molar refractivity (Wildman–Crippen MR) is 73.6 cm³/mol. The number of hydrogen-bond donors (Lipinski definition) is 2. The van der Waals surface area contributed by atoms with Gasteiger partial charge < -0.3 is 10.2 Å². The van der Waals surface area contributed by atoms with Crippen molar-refractivity contribution in [3.63, 3.8) is 0 Å². The van der Waals surface area contributed by atoms with E-state index in [1.807, 2.05) is 24.3 Å². The van der Waals surface area contributed by atoms with Crippen molar-refractivity contribution < 1.29 is 10.2 Å². The molecule has 0 amide bonds. The van der Waals surface area contributed by atoms with E-state index in [4.69, 9.17) is 0 Å². The van der Waals surface area contributed by atoms with Gasteiger partial charge in [-0.2, -0.15) is 0 Å². The molecule has 3 nitrogen and oxygen atoms in total. The zero-order valence-corrected chi connectivity index (χ0v) is 10.7. The van der Waals surface area contributed by atoms with E-state index in [-0.39, 0.29) is 5.75 Å². The molecule has 1 aliphatic rings. The third-order valence-corrected chi connectivity index (χ3v) is 3.61.